The van der Waals surface area contributed by atoms with E-state index in [1.807, 2.05) is 12.1 Å². The summed E-state index contributed by atoms with van der Waals surface area (Å²) in [5.74, 6) is -0.198. The van der Waals surface area contributed by atoms with Gasteiger partial charge in [0.25, 0.3) is 0 Å². The Bertz CT molecular complexity index is 417. The molecule has 1 aromatic carbocycles. The molecule has 0 radical (unpaired) electrons. The van der Waals surface area contributed by atoms with Crippen LogP contribution >= 0.6 is 0 Å². The molecule has 2 unspecified atom stereocenters. The van der Waals surface area contributed by atoms with Crippen molar-refractivity contribution in [3.05, 3.63) is 35.6 Å². The molecule has 2 atom stereocenters. The molecule has 2 N–H and O–H groups in total. The van der Waals surface area contributed by atoms with Crippen molar-refractivity contribution in [2.45, 2.75) is 37.8 Å². The Hall–Kier alpha value is -0.970. The second-order valence-corrected chi connectivity index (χ2v) is 6.02. The molecular weight excluding hydrogens is 255 g/mol. The van der Waals surface area contributed by atoms with E-state index >= 15 is 0 Å². The number of halogens is 1. The Morgan fingerprint density at radius 3 is 2.65 bits per heavy atom. The maximum absolute atomic E-state index is 13.0. The summed E-state index contributed by atoms with van der Waals surface area (Å²) in [6, 6.07) is 6.69. The maximum Gasteiger partial charge on any atom is 0.123 e. The summed E-state index contributed by atoms with van der Waals surface area (Å²) in [6.07, 6.45) is 3.41. The van der Waals surface area contributed by atoms with E-state index in [2.05, 4.69) is 18.9 Å². The van der Waals surface area contributed by atoms with Gasteiger partial charge in [-0.05, 0) is 50.9 Å². The molecular formula is C16H25FN2O. The van der Waals surface area contributed by atoms with Crippen molar-refractivity contribution in [3.63, 3.8) is 0 Å². The first-order chi connectivity index (χ1) is 9.53. The summed E-state index contributed by atoms with van der Waals surface area (Å²) in [7, 11) is 2.10. The van der Waals surface area contributed by atoms with Gasteiger partial charge in [-0.3, -0.25) is 4.90 Å². The summed E-state index contributed by atoms with van der Waals surface area (Å²) >= 11 is 0. The molecule has 112 valence electrons. The lowest BCUT2D eigenvalue weighted by Gasteiger charge is -2.39. The fourth-order valence-corrected chi connectivity index (χ4v) is 2.72. The number of likely N-dealkylation sites (N-methyl/N-ethyl adjacent to an activating group) is 1. The molecule has 0 saturated carbocycles. The van der Waals surface area contributed by atoms with Gasteiger partial charge in [-0.15, -0.1) is 0 Å². The smallest absolute Gasteiger partial charge is 0.123 e. The molecule has 0 spiro atoms. The Morgan fingerprint density at radius 2 is 2.10 bits per heavy atom. The summed E-state index contributed by atoms with van der Waals surface area (Å²) in [6.45, 7) is 4.49. The highest BCUT2D eigenvalue weighted by molar-refractivity contribution is 5.19. The maximum atomic E-state index is 13.0. The number of hydrogen-bond donors (Lipinski definition) is 1. The Balaban J connectivity index is 2.00. The third kappa shape index (κ3) is 3.78. The van der Waals surface area contributed by atoms with Crippen LogP contribution in [0.2, 0.25) is 0 Å². The molecule has 0 aliphatic carbocycles. The van der Waals surface area contributed by atoms with Gasteiger partial charge in [-0.1, -0.05) is 12.1 Å². The largest absolute Gasteiger partial charge is 0.377 e. The summed E-state index contributed by atoms with van der Waals surface area (Å²) in [5, 5.41) is 0. The van der Waals surface area contributed by atoms with E-state index in [9.17, 15) is 4.39 Å². The van der Waals surface area contributed by atoms with Crippen LogP contribution in [0.1, 0.15) is 25.3 Å². The zero-order valence-corrected chi connectivity index (χ0v) is 12.4. The average Bonchev–Trinajstić information content (AvgIpc) is 2.94. The fourth-order valence-electron chi connectivity index (χ4n) is 2.72. The molecule has 1 fully saturated rings. The van der Waals surface area contributed by atoms with Crippen molar-refractivity contribution in [1.29, 1.82) is 0 Å². The second kappa shape index (κ2) is 6.66. The molecule has 0 aromatic heterocycles. The molecule has 1 heterocycles. The van der Waals surface area contributed by atoms with Crippen LogP contribution in [0.3, 0.4) is 0 Å². The Labute approximate surface area is 120 Å². The molecule has 2 rings (SSSR count). The molecule has 0 bridgehead atoms. The summed E-state index contributed by atoms with van der Waals surface area (Å²) in [5.41, 5.74) is 6.98. The number of rotatable bonds is 6. The van der Waals surface area contributed by atoms with E-state index < -0.39 is 0 Å². The fraction of sp³-hybridized carbons (Fsp3) is 0.625. The summed E-state index contributed by atoms with van der Waals surface area (Å²) < 4.78 is 18.7. The number of nitrogens with zero attached hydrogens (tertiary/aromatic N) is 1. The monoisotopic (exact) mass is 280 g/mol. The van der Waals surface area contributed by atoms with Gasteiger partial charge in [0.1, 0.15) is 5.82 Å². The Morgan fingerprint density at radius 1 is 1.40 bits per heavy atom. The van der Waals surface area contributed by atoms with E-state index in [1.54, 1.807) is 0 Å². The molecule has 3 nitrogen and oxygen atoms in total. The van der Waals surface area contributed by atoms with Crippen LogP contribution in [0.15, 0.2) is 24.3 Å². The number of benzene rings is 1. The van der Waals surface area contributed by atoms with Crippen LogP contribution in [0.5, 0.6) is 0 Å². The molecule has 20 heavy (non-hydrogen) atoms. The lowest BCUT2D eigenvalue weighted by atomic mass is 9.91. The first kappa shape index (κ1) is 15.4. The normalized spacial score (nSPS) is 22.1. The lowest BCUT2D eigenvalue weighted by Crippen LogP contribution is -2.53. The van der Waals surface area contributed by atoms with Crippen molar-refractivity contribution in [3.8, 4) is 0 Å². The van der Waals surface area contributed by atoms with E-state index in [0.717, 1.165) is 38.0 Å². The third-order valence-electron chi connectivity index (χ3n) is 4.36. The molecule has 1 aliphatic rings. The van der Waals surface area contributed by atoms with Crippen molar-refractivity contribution >= 4 is 0 Å². The standard InChI is InChI=1S/C16H25FN2O/c1-16(12-18,10-13-5-7-14(17)8-6-13)19(2)11-15-4-3-9-20-15/h5-8,15H,3-4,9-12,18H2,1-2H3. The van der Waals surface area contributed by atoms with Crippen LogP contribution in [0.25, 0.3) is 0 Å². The van der Waals surface area contributed by atoms with Crippen LogP contribution in [0.4, 0.5) is 4.39 Å². The van der Waals surface area contributed by atoms with Gasteiger partial charge in [0.2, 0.25) is 0 Å². The molecule has 1 aromatic rings. The van der Waals surface area contributed by atoms with E-state index in [4.69, 9.17) is 10.5 Å². The first-order valence-electron chi connectivity index (χ1n) is 7.31. The van der Waals surface area contributed by atoms with Gasteiger partial charge < -0.3 is 10.5 Å². The van der Waals surface area contributed by atoms with Crippen molar-refractivity contribution in [2.75, 3.05) is 26.7 Å². The minimum absolute atomic E-state index is 0.135. The minimum Gasteiger partial charge on any atom is -0.377 e. The van der Waals surface area contributed by atoms with Crippen molar-refractivity contribution in [1.82, 2.24) is 4.90 Å². The molecule has 4 heteroatoms. The number of hydrogen-bond acceptors (Lipinski definition) is 3. The zero-order chi connectivity index (χ0) is 14.6. The predicted molar refractivity (Wildman–Crippen MR) is 79.2 cm³/mol. The van der Waals surface area contributed by atoms with Crippen LogP contribution < -0.4 is 5.73 Å². The van der Waals surface area contributed by atoms with Gasteiger partial charge in [-0.25, -0.2) is 4.39 Å². The quantitative estimate of drug-likeness (QED) is 0.868. The molecule has 0 amide bonds. The molecule has 1 aliphatic heterocycles. The summed E-state index contributed by atoms with van der Waals surface area (Å²) in [4.78, 5) is 2.28. The second-order valence-electron chi connectivity index (χ2n) is 6.02. The highest BCUT2D eigenvalue weighted by Crippen LogP contribution is 2.22. The molecule has 1 saturated heterocycles. The van der Waals surface area contributed by atoms with Crippen molar-refractivity contribution < 1.29 is 9.13 Å². The van der Waals surface area contributed by atoms with Gasteiger partial charge >= 0.3 is 0 Å². The van der Waals surface area contributed by atoms with Gasteiger partial charge in [0, 0.05) is 25.2 Å². The third-order valence-corrected chi connectivity index (χ3v) is 4.36. The zero-order valence-electron chi connectivity index (χ0n) is 12.4. The van der Waals surface area contributed by atoms with Crippen LogP contribution in [-0.2, 0) is 11.2 Å². The van der Waals surface area contributed by atoms with E-state index in [0.29, 0.717) is 12.6 Å². The van der Waals surface area contributed by atoms with Gasteiger partial charge in [0.15, 0.2) is 0 Å². The SMILES string of the molecule is CN(CC1CCCO1)C(C)(CN)Cc1ccc(F)cc1. The van der Waals surface area contributed by atoms with E-state index in [-0.39, 0.29) is 11.4 Å². The lowest BCUT2D eigenvalue weighted by molar-refractivity contribution is 0.0433. The van der Waals surface area contributed by atoms with Gasteiger partial charge in [-0.2, -0.15) is 0 Å². The van der Waals surface area contributed by atoms with E-state index in [1.165, 1.54) is 12.1 Å². The minimum atomic E-state index is -0.198. The van der Waals surface area contributed by atoms with Crippen molar-refractivity contribution in [2.24, 2.45) is 5.73 Å². The average molecular weight is 280 g/mol. The van der Waals surface area contributed by atoms with Gasteiger partial charge in [0.05, 0.1) is 6.10 Å². The first-order valence-corrected chi connectivity index (χ1v) is 7.31. The highest BCUT2D eigenvalue weighted by atomic mass is 19.1. The Kier molecular flexibility index (Phi) is 5.13. The predicted octanol–water partition coefficient (Wildman–Crippen LogP) is 2.20. The van der Waals surface area contributed by atoms with Crippen LogP contribution in [0, 0.1) is 5.82 Å². The highest BCUT2D eigenvalue weighted by Gasteiger charge is 2.30. The van der Waals surface area contributed by atoms with Crippen LogP contribution in [-0.4, -0.2) is 43.3 Å². The number of nitrogens with two attached hydrogens (primary N) is 1. The topological polar surface area (TPSA) is 38.5 Å². The number of ether oxygens (including phenoxy) is 1.